The quantitative estimate of drug-likeness (QED) is 0.747. The van der Waals surface area contributed by atoms with Crippen molar-refractivity contribution in [2.24, 2.45) is 11.7 Å². The van der Waals surface area contributed by atoms with E-state index in [1.807, 2.05) is 30.3 Å². The summed E-state index contributed by atoms with van der Waals surface area (Å²) < 4.78 is 0. The lowest BCUT2D eigenvalue weighted by Crippen LogP contribution is -2.42. The van der Waals surface area contributed by atoms with Crippen molar-refractivity contribution in [3.05, 3.63) is 35.9 Å². The molecule has 1 aliphatic rings. The van der Waals surface area contributed by atoms with Gasteiger partial charge in [-0.05, 0) is 37.9 Å². The molecule has 2 rings (SSSR count). The van der Waals surface area contributed by atoms with Crippen LogP contribution >= 0.6 is 12.2 Å². The van der Waals surface area contributed by atoms with Gasteiger partial charge >= 0.3 is 0 Å². The first-order chi connectivity index (χ1) is 10.2. The minimum atomic E-state index is -0.430. The van der Waals surface area contributed by atoms with E-state index in [1.165, 1.54) is 12.8 Å². The summed E-state index contributed by atoms with van der Waals surface area (Å²) in [5, 5.41) is 2.96. The Morgan fingerprint density at radius 1 is 1.29 bits per heavy atom. The van der Waals surface area contributed by atoms with E-state index in [0.29, 0.717) is 13.0 Å². The fourth-order valence-corrected chi connectivity index (χ4v) is 2.83. The van der Waals surface area contributed by atoms with Crippen LogP contribution in [0.15, 0.2) is 30.3 Å². The van der Waals surface area contributed by atoms with Gasteiger partial charge in [0.2, 0.25) is 5.91 Å². The van der Waals surface area contributed by atoms with Crippen molar-refractivity contribution in [2.75, 3.05) is 26.2 Å². The molecule has 0 aliphatic carbocycles. The summed E-state index contributed by atoms with van der Waals surface area (Å²) in [4.78, 5) is 14.9. The van der Waals surface area contributed by atoms with E-state index < -0.39 is 5.92 Å². The lowest BCUT2D eigenvalue weighted by atomic mass is 9.98. The number of likely N-dealkylation sites (tertiary alicyclic amines) is 1. The van der Waals surface area contributed by atoms with Crippen LogP contribution in [0.3, 0.4) is 0 Å². The third-order valence-corrected chi connectivity index (χ3v) is 4.15. The van der Waals surface area contributed by atoms with Crippen LogP contribution in [0, 0.1) is 5.92 Å². The molecule has 1 fully saturated rings. The molecule has 0 bridgehead atoms. The van der Waals surface area contributed by atoms with Gasteiger partial charge in [-0.25, -0.2) is 0 Å². The smallest absolute Gasteiger partial charge is 0.230 e. The fraction of sp³-hybridized carbons (Fsp3) is 0.500. The van der Waals surface area contributed by atoms with Gasteiger partial charge in [-0.15, -0.1) is 0 Å². The van der Waals surface area contributed by atoms with Crippen LogP contribution in [0.25, 0.3) is 0 Å². The molecule has 1 aromatic carbocycles. The number of nitrogens with two attached hydrogens (primary N) is 1. The normalized spacial score (nSPS) is 16.6. The number of hydrogen-bond donors (Lipinski definition) is 2. The lowest BCUT2D eigenvalue weighted by Gasteiger charge is -2.18. The summed E-state index contributed by atoms with van der Waals surface area (Å²) in [7, 11) is 0. The van der Waals surface area contributed by atoms with Gasteiger partial charge in [0.05, 0.1) is 10.9 Å². The highest BCUT2D eigenvalue weighted by molar-refractivity contribution is 7.80. The highest BCUT2D eigenvalue weighted by Crippen LogP contribution is 2.10. The fourth-order valence-electron chi connectivity index (χ4n) is 2.64. The first kappa shape index (κ1) is 15.9. The number of nitrogens with one attached hydrogen (secondary N) is 1. The molecule has 0 aromatic heterocycles. The molecule has 5 heteroatoms. The molecule has 0 spiro atoms. The van der Waals surface area contributed by atoms with Gasteiger partial charge in [-0.1, -0.05) is 42.5 Å². The Kier molecular flexibility index (Phi) is 6.14. The monoisotopic (exact) mass is 305 g/mol. The number of carbonyl (C=O) groups is 1. The molecule has 114 valence electrons. The van der Waals surface area contributed by atoms with Crippen molar-refractivity contribution >= 4 is 23.1 Å². The number of thiocarbonyl (C=S) groups is 1. The van der Waals surface area contributed by atoms with Crippen molar-refractivity contribution in [1.29, 1.82) is 0 Å². The van der Waals surface area contributed by atoms with Gasteiger partial charge in [-0.2, -0.15) is 0 Å². The molecule has 3 N–H and O–H groups in total. The van der Waals surface area contributed by atoms with Crippen LogP contribution in [-0.2, 0) is 11.2 Å². The second-order valence-corrected chi connectivity index (χ2v) is 5.96. The molecule has 1 heterocycles. The molecule has 21 heavy (non-hydrogen) atoms. The molecular weight excluding hydrogens is 282 g/mol. The average Bonchev–Trinajstić information content (AvgIpc) is 2.98. The Hall–Kier alpha value is -1.46. The van der Waals surface area contributed by atoms with Crippen LogP contribution in [0.1, 0.15) is 18.4 Å². The molecule has 1 atom stereocenters. The van der Waals surface area contributed by atoms with E-state index in [1.54, 1.807) is 0 Å². The second kappa shape index (κ2) is 8.10. The summed E-state index contributed by atoms with van der Waals surface area (Å²) >= 11 is 5.06. The molecule has 1 unspecified atom stereocenters. The Morgan fingerprint density at radius 3 is 2.57 bits per heavy atom. The van der Waals surface area contributed by atoms with Gasteiger partial charge in [0, 0.05) is 13.1 Å². The molecule has 0 radical (unpaired) electrons. The molecule has 1 saturated heterocycles. The Labute approximate surface area is 131 Å². The lowest BCUT2D eigenvalue weighted by molar-refractivity contribution is -0.123. The summed E-state index contributed by atoms with van der Waals surface area (Å²) in [5.74, 6) is -0.494. The standard InChI is InChI=1S/C16H23N3OS/c17-15(21)14(12-13-6-2-1-3-7-13)16(20)18-8-11-19-9-4-5-10-19/h1-3,6-7,14H,4-5,8-12H2,(H2,17,21)(H,18,20). The van der Waals surface area contributed by atoms with Crippen LogP contribution in [-0.4, -0.2) is 42.0 Å². The van der Waals surface area contributed by atoms with Crippen LogP contribution < -0.4 is 11.1 Å². The predicted octanol–water partition coefficient (Wildman–Crippen LogP) is 1.34. The highest BCUT2D eigenvalue weighted by Gasteiger charge is 2.22. The summed E-state index contributed by atoms with van der Waals surface area (Å²) in [6.07, 6.45) is 3.08. The summed E-state index contributed by atoms with van der Waals surface area (Å²) in [5.41, 5.74) is 6.81. The zero-order valence-electron chi connectivity index (χ0n) is 12.3. The zero-order valence-corrected chi connectivity index (χ0v) is 13.1. The maximum absolute atomic E-state index is 12.3. The van der Waals surface area contributed by atoms with Gasteiger partial charge in [-0.3, -0.25) is 4.79 Å². The minimum absolute atomic E-state index is 0.0643. The summed E-state index contributed by atoms with van der Waals surface area (Å²) in [6, 6.07) is 9.84. The van der Waals surface area contributed by atoms with Crippen molar-refractivity contribution < 1.29 is 4.79 Å². The van der Waals surface area contributed by atoms with Gasteiger partial charge in [0.1, 0.15) is 0 Å². The predicted molar refractivity (Wildman–Crippen MR) is 89.1 cm³/mol. The van der Waals surface area contributed by atoms with E-state index in [-0.39, 0.29) is 10.9 Å². The third kappa shape index (κ3) is 5.10. The number of hydrogen-bond acceptors (Lipinski definition) is 3. The molecule has 1 amide bonds. The van der Waals surface area contributed by atoms with Crippen molar-refractivity contribution in [3.8, 4) is 0 Å². The van der Waals surface area contributed by atoms with Crippen molar-refractivity contribution in [2.45, 2.75) is 19.3 Å². The van der Waals surface area contributed by atoms with Crippen molar-refractivity contribution in [1.82, 2.24) is 10.2 Å². The molecular formula is C16H23N3OS. The molecule has 4 nitrogen and oxygen atoms in total. The van der Waals surface area contributed by atoms with E-state index >= 15 is 0 Å². The number of rotatable bonds is 7. The molecule has 0 saturated carbocycles. The number of nitrogens with zero attached hydrogens (tertiary/aromatic N) is 1. The molecule has 1 aromatic rings. The first-order valence-corrected chi connectivity index (χ1v) is 7.91. The minimum Gasteiger partial charge on any atom is -0.393 e. The number of carbonyl (C=O) groups excluding carboxylic acids is 1. The van der Waals surface area contributed by atoms with Gasteiger partial charge < -0.3 is 16.0 Å². The SMILES string of the molecule is NC(=S)C(Cc1ccccc1)C(=O)NCCN1CCCC1. The number of amides is 1. The molecule has 1 aliphatic heterocycles. The van der Waals surface area contributed by atoms with Gasteiger partial charge in [0.25, 0.3) is 0 Å². The van der Waals surface area contributed by atoms with E-state index in [0.717, 1.165) is 25.2 Å². The van der Waals surface area contributed by atoms with E-state index in [9.17, 15) is 4.79 Å². The second-order valence-electron chi connectivity index (χ2n) is 5.48. The Bertz CT molecular complexity index is 472. The highest BCUT2D eigenvalue weighted by atomic mass is 32.1. The van der Waals surface area contributed by atoms with Crippen LogP contribution in [0.4, 0.5) is 0 Å². The topological polar surface area (TPSA) is 58.4 Å². The maximum Gasteiger partial charge on any atom is 0.230 e. The Morgan fingerprint density at radius 2 is 1.95 bits per heavy atom. The van der Waals surface area contributed by atoms with E-state index in [2.05, 4.69) is 10.2 Å². The third-order valence-electron chi connectivity index (χ3n) is 3.87. The van der Waals surface area contributed by atoms with Gasteiger partial charge in [0.15, 0.2) is 0 Å². The maximum atomic E-state index is 12.3. The number of benzene rings is 1. The average molecular weight is 305 g/mol. The van der Waals surface area contributed by atoms with Crippen molar-refractivity contribution in [3.63, 3.8) is 0 Å². The Balaban J connectivity index is 1.82. The largest absolute Gasteiger partial charge is 0.393 e. The van der Waals surface area contributed by atoms with Crippen LogP contribution in [0.5, 0.6) is 0 Å². The van der Waals surface area contributed by atoms with E-state index in [4.69, 9.17) is 18.0 Å². The zero-order chi connectivity index (χ0) is 15.1. The van der Waals surface area contributed by atoms with Crippen LogP contribution in [0.2, 0.25) is 0 Å². The summed E-state index contributed by atoms with van der Waals surface area (Å²) in [6.45, 7) is 3.84. The first-order valence-electron chi connectivity index (χ1n) is 7.50.